The molecule has 116 valence electrons. The first kappa shape index (κ1) is 15.5. The van der Waals surface area contributed by atoms with E-state index >= 15 is 0 Å². The molecule has 0 fully saturated rings. The minimum Gasteiger partial charge on any atom is -0.339 e. The van der Waals surface area contributed by atoms with Gasteiger partial charge in [-0.15, -0.1) is 11.3 Å². The monoisotopic (exact) mass is 343 g/mol. The van der Waals surface area contributed by atoms with Gasteiger partial charge in [0.25, 0.3) is 0 Å². The van der Waals surface area contributed by atoms with Crippen LogP contribution in [0.2, 0.25) is 5.02 Å². The largest absolute Gasteiger partial charge is 0.339 e. The van der Waals surface area contributed by atoms with E-state index in [1.807, 2.05) is 41.8 Å². The average molecular weight is 344 g/mol. The Morgan fingerprint density at radius 3 is 2.70 bits per heavy atom. The van der Waals surface area contributed by atoms with Crippen molar-refractivity contribution in [3.05, 3.63) is 70.0 Å². The summed E-state index contributed by atoms with van der Waals surface area (Å²) >= 11 is 7.66. The molecule has 0 aliphatic rings. The highest BCUT2D eigenvalue weighted by atomic mass is 35.5. The van der Waals surface area contributed by atoms with E-state index in [0.29, 0.717) is 22.9 Å². The third kappa shape index (κ3) is 4.31. The van der Waals surface area contributed by atoms with E-state index in [9.17, 15) is 4.79 Å². The number of thiophene rings is 1. The van der Waals surface area contributed by atoms with Crippen LogP contribution < -0.4 is 10.6 Å². The van der Waals surface area contributed by atoms with Crippen molar-refractivity contribution in [1.29, 1.82) is 0 Å². The molecule has 0 saturated carbocycles. The van der Waals surface area contributed by atoms with Crippen molar-refractivity contribution in [2.45, 2.75) is 6.42 Å². The molecule has 0 spiro atoms. The van der Waals surface area contributed by atoms with Crippen molar-refractivity contribution < 1.29 is 4.79 Å². The number of anilines is 3. The van der Waals surface area contributed by atoms with Gasteiger partial charge in [-0.3, -0.25) is 4.79 Å². The summed E-state index contributed by atoms with van der Waals surface area (Å²) in [5, 5.41) is 8.55. The number of hydrogen-bond acceptors (Lipinski definition) is 4. The summed E-state index contributed by atoms with van der Waals surface area (Å²) in [6.07, 6.45) is 1.99. The molecule has 2 heterocycles. The van der Waals surface area contributed by atoms with Gasteiger partial charge >= 0.3 is 0 Å². The number of nitrogens with zero attached hydrogens (tertiary/aromatic N) is 1. The number of rotatable bonds is 5. The zero-order valence-corrected chi connectivity index (χ0v) is 13.7. The van der Waals surface area contributed by atoms with Crippen molar-refractivity contribution in [3.8, 4) is 0 Å². The number of carbonyl (C=O) groups excluding carboxylic acids is 1. The highest BCUT2D eigenvalue weighted by molar-refractivity contribution is 7.10. The molecule has 0 unspecified atom stereocenters. The minimum absolute atomic E-state index is 0.0546. The molecule has 6 heteroatoms. The second-order valence-electron chi connectivity index (χ2n) is 4.84. The lowest BCUT2D eigenvalue weighted by Crippen LogP contribution is -2.13. The third-order valence-electron chi connectivity index (χ3n) is 3.10. The molecule has 0 aliphatic heterocycles. The molecule has 0 atom stereocenters. The van der Waals surface area contributed by atoms with Crippen molar-refractivity contribution in [2.75, 3.05) is 10.6 Å². The number of para-hydroxylation sites is 1. The normalized spacial score (nSPS) is 10.3. The van der Waals surface area contributed by atoms with E-state index in [1.54, 1.807) is 29.7 Å². The number of hydrogen-bond donors (Lipinski definition) is 2. The van der Waals surface area contributed by atoms with Gasteiger partial charge < -0.3 is 10.6 Å². The van der Waals surface area contributed by atoms with E-state index < -0.39 is 0 Å². The summed E-state index contributed by atoms with van der Waals surface area (Å²) in [7, 11) is 0. The van der Waals surface area contributed by atoms with Crippen LogP contribution in [0.4, 0.5) is 17.2 Å². The van der Waals surface area contributed by atoms with Crippen LogP contribution in [0.5, 0.6) is 0 Å². The molecule has 0 bridgehead atoms. The summed E-state index contributed by atoms with van der Waals surface area (Å²) < 4.78 is 0. The molecule has 0 saturated heterocycles. The zero-order chi connectivity index (χ0) is 16.1. The summed E-state index contributed by atoms with van der Waals surface area (Å²) in [6.45, 7) is 0. The Morgan fingerprint density at radius 1 is 1.13 bits per heavy atom. The van der Waals surface area contributed by atoms with Gasteiger partial charge in [0.1, 0.15) is 5.82 Å². The Hall–Kier alpha value is -2.37. The highest BCUT2D eigenvalue weighted by Crippen LogP contribution is 2.24. The van der Waals surface area contributed by atoms with Crippen molar-refractivity contribution in [2.24, 2.45) is 0 Å². The van der Waals surface area contributed by atoms with Crippen LogP contribution in [0.3, 0.4) is 0 Å². The van der Waals surface area contributed by atoms with Gasteiger partial charge in [0.15, 0.2) is 0 Å². The summed E-state index contributed by atoms with van der Waals surface area (Å²) in [5.41, 5.74) is 1.45. The van der Waals surface area contributed by atoms with E-state index in [-0.39, 0.29) is 5.91 Å². The van der Waals surface area contributed by atoms with Crippen LogP contribution in [0.1, 0.15) is 4.88 Å². The maximum atomic E-state index is 11.9. The Bertz CT molecular complexity index is 788. The first-order valence-electron chi connectivity index (χ1n) is 7.00. The number of nitrogens with one attached hydrogen (secondary N) is 2. The number of aromatic nitrogens is 1. The van der Waals surface area contributed by atoms with E-state index in [1.165, 1.54) is 0 Å². The summed E-state index contributed by atoms with van der Waals surface area (Å²) in [4.78, 5) is 17.3. The molecular formula is C17H14ClN3OS. The van der Waals surface area contributed by atoms with Crippen molar-refractivity contribution in [1.82, 2.24) is 4.98 Å². The average Bonchev–Trinajstić information content (AvgIpc) is 3.04. The highest BCUT2D eigenvalue weighted by Gasteiger charge is 2.06. The van der Waals surface area contributed by atoms with Gasteiger partial charge in [-0.05, 0) is 35.7 Å². The topological polar surface area (TPSA) is 54.0 Å². The van der Waals surface area contributed by atoms with E-state index in [2.05, 4.69) is 15.6 Å². The van der Waals surface area contributed by atoms with Crippen LogP contribution in [0.25, 0.3) is 0 Å². The lowest BCUT2D eigenvalue weighted by molar-refractivity contribution is -0.115. The second-order valence-corrected chi connectivity index (χ2v) is 6.28. The Morgan fingerprint density at radius 2 is 2.00 bits per heavy atom. The summed E-state index contributed by atoms with van der Waals surface area (Å²) in [6, 6.07) is 14.9. The molecule has 23 heavy (non-hydrogen) atoms. The SMILES string of the molecule is O=C(Cc1cccs1)Nc1ccc(Nc2ccccc2Cl)nc1. The number of amides is 1. The number of halogens is 1. The molecule has 1 amide bonds. The molecular weight excluding hydrogens is 330 g/mol. The van der Waals surface area contributed by atoms with Gasteiger partial charge in [0.2, 0.25) is 5.91 Å². The van der Waals surface area contributed by atoms with Crippen LogP contribution in [0, 0.1) is 0 Å². The fourth-order valence-electron chi connectivity index (χ4n) is 2.02. The smallest absolute Gasteiger partial charge is 0.229 e. The minimum atomic E-state index is -0.0546. The first-order chi connectivity index (χ1) is 11.2. The lowest BCUT2D eigenvalue weighted by atomic mass is 10.3. The molecule has 0 aliphatic carbocycles. The Balaban J connectivity index is 1.61. The van der Waals surface area contributed by atoms with Gasteiger partial charge in [-0.1, -0.05) is 29.8 Å². The van der Waals surface area contributed by atoms with Gasteiger partial charge in [0, 0.05) is 4.88 Å². The molecule has 4 nitrogen and oxygen atoms in total. The van der Waals surface area contributed by atoms with Crippen molar-refractivity contribution in [3.63, 3.8) is 0 Å². The lowest BCUT2D eigenvalue weighted by Gasteiger charge is -2.08. The predicted octanol–water partition coefficient (Wildman–Crippen LogP) is 4.72. The predicted molar refractivity (Wildman–Crippen MR) is 95.6 cm³/mol. The van der Waals surface area contributed by atoms with Crippen LogP contribution in [-0.4, -0.2) is 10.9 Å². The molecule has 3 rings (SSSR count). The first-order valence-corrected chi connectivity index (χ1v) is 8.26. The maximum Gasteiger partial charge on any atom is 0.229 e. The standard InChI is InChI=1S/C17H14ClN3OS/c18-14-5-1-2-6-15(14)21-16-8-7-12(11-19-16)20-17(22)10-13-4-3-9-23-13/h1-9,11H,10H2,(H,19,21)(H,20,22). The molecule has 2 N–H and O–H groups in total. The number of benzene rings is 1. The van der Waals surface area contributed by atoms with Crippen LogP contribution in [-0.2, 0) is 11.2 Å². The molecule has 0 radical (unpaired) electrons. The quantitative estimate of drug-likeness (QED) is 0.704. The molecule has 1 aromatic carbocycles. The molecule has 3 aromatic rings. The Labute approximate surface area is 143 Å². The fraction of sp³-hybridized carbons (Fsp3) is 0.0588. The van der Waals surface area contributed by atoms with Gasteiger partial charge in [0.05, 0.1) is 29.0 Å². The summed E-state index contributed by atoms with van der Waals surface area (Å²) in [5.74, 6) is 0.607. The Kier molecular flexibility index (Phi) is 4.90. The second kappa shape index (κ2) is 7.26. The van der Waals surface area contributed by atoms with E-state index in [0.717, 1.165) is 10.6 Å². The maximum absolute atomic E-state index is 11.9. The third-order valence-corrected chi connectivity index (χ3v) is 4.30. The number of carbonyl (C=O) groups is 1. The number of pyridine rings is 1. The zero-order valence-electron chi connectivity index (χ0n) is 12.1. The van der Waals surface area contributed by atoms with E-state index in [4.69, 9.17) is 11.6 Å². The van der Waals surface area contributed by atoms with Crippen LogP contribution in [0.15, 0.2) is 60.1 Å². The van der Waals surface area contributed by atoms with Gasteiger partial charge in [-0.25, -0.2) is 4.98 Å². The van der Waals surface area contributed by atoms with Crippen molar-refractivity contribution >= 4 is 46.0 Å². The van der Waals surface area contributed by atoms with Crippen LogP contribution >= 0.6 is 22.9 Å². The van der Waals surface area contributed by atoms with Gasteiger partial charge in [-0.2, -0.15) is 0 Å². The molecule has 2 aromatic heterocycles. The fourth-order valence-corrected chi connectivity index (χ4v) is 2.91.